The number of rotatable bonds is 9. The zero-order valence-electron chi connectivity index (χ0n) is 21.2. The van der Waals surface area contributed by atoms with Crippen molar-refractivity contribution in [2.45, 2.75) is 65.7 Å². The minimum Gasteiger partial charge on any atom is -0.492 e. The molecule has 3 rings (SSSR count). The van der Waals surface area contributed by atoms with Crippen LogP contribution in [0.1, 0.15) is 45.4 Å². The third-order valence-corrected chi connectivity index (χ3v) is 11.1. The molecule has 0 unspecified atom stereocenters. The highest BCUT2D eigenvalue weighted by Crippen LogP contribution is 2.40. The van der Waals surface area contributed by atoms with E-state index in [0.29, 0.717) is 24.8 Å². The molecule has 0 aliphatic heterocycles. The first-order valence-corrected chi connectivity index (χ1v) is 14.5. The molecule has 6 nitrogen and oxygen atoms in total. The largest absolute Gasteiger partial charge is 0.492 e. The Morgan fingerprint density at radius 1 is 1.15 bits per heavy atom. The number of anilines is 1. The van der Waals surface area contributed by atoms with Gasteiger partial charge < -0.3 is 19.5 Å². The fourth-order valence-electron chi connectivity index (χ4n) is 3.71. The number of ether oxygens (including phenoxy) is 1. The first kappa shape index (κ1) is 25.0. The number of nitrogens with two attached hydrogens (primary N) is 1. The standard InChI is InChI=1S/C26H38N4O2Si/c1-9-31-19(3)23-21(20-13-11-18(2)12-14-20)22-24(27)28-17-29-25(22)30(23)15-10-16-32-33(7,8)26(4,5)6/h11-14,17H,3,9-10,15-16H2,1-2,4-8H3,(H2,27,28,29). The Bertz CT molecular complexity index is 1130. The minimum atomic E-state index is -1.80. The van der Waals surface area contributed by atoms with Crippen LogP contribution in [0.25, 0.3) is 27.9 Å². The summed E-state index contributed by atoms with van der Waals surface area (Å²) < 4.78 is 14.5. The summed E-state index contributed by atoms with van der Waals surface area (Å²) in [7, 11) is -1.80. The molecule has 2 N–H and O–H groups in total. The smallest absolute Gasteiger partial charge is 0.191 e. The van der Waals surface area contributed by atoms with Crippen molar-refractivity contribution in [1.82, 2.24) is 14.5 Å². The van der Waals surface area contributed by atoms with Gasteiger partial charge in [0.2, 0.25) is 0 Å². The maximum absolute atomic E-state index is 6.42. The van der Waals surface area contributed by atoms with E-state index in [1.165, 1.54) is 11.9 Å². The van der Waals surface area contributed by atoms with Crippen molar-refractivity contribution in [3.8, 4) is 11.1 Å². The van der Waals surface area contributed by atoms with E-state index in [2.05, 4.69) is 86.2 Å². The van der Waals surface area contributed by atoms with Crippen LogP contribution in [0.3, 0.4) is 0 Å². The lowest BCUT2D eigenvalue weighted by Crippen LogP contribution is -2.41. The molecule has 178 valence electrons. The molecule has 0 spiro atoms. The number of nitrogens with zero attached hydrogens (tertiary/aromatic N) is 3. The quantitative estimate of drug-likeness (QED) is 0.224. The minimum absolute atomic E-state index is 0.182. The van der Waals surface area contributed by atoms with Crippen molar-refractivity contribution in [2.75, 3.05) is 18.9 Å². The van der Waals surface area contributed by atoms with E-state index in [4.69, 9.17) is 14.9 Å². The van der Waals surface area contributed by atoms with Gasteiger partial charge in [-0.25, -0.2) is 9.97 Å². The van der Waals surface area contributed by atoms with Gasteiger partial charge in [-0.15, -0.1) is 0 Å². The molecule has 0 aliphatic carbocycles. The molecule has 0 saturated heterocycles. The summed E-state index contributed by atoms with van der Waals surface area (Å²) in [5, 5.41) is 1.02. The second-order valence-electron chi connectivity index (χ2n) is 10.0. The average molecular weight is 467 g/mol. The van der Waals surface area contributed by atoms with Gasteiger partial charge in [0.1, 0.15) is 23.6 Å². The topological polar surface area (TPSA) is 75.2 Å². The molecule has 0 aliphatic rings. The van der Waals surface area contributed by atoms with Crippen molar-refractivity contribution in [3.63, 3.8) is 0 Å². The number of aromatic nitrogens is 3. The normalized spacial score (nSPS) is 12.3. The Balaban J connectivity index is 2.07. The molecule has 7 heteroatoms. The summed E-state index contributed by atoms with van der Waals surface area (Å²) in [5.74, 6) is 1.06. The fourth-order valence-corrected chi connectivity index (χ4v) is 4.80. The lowest BCUT2D eigenvalue weighted by Gasteiger charge is -2.36. The molecule has 3 aromatic rings. The van der Waals surface area contributed by atoms with Gasteiger partial charge in [0.15, 0.2) is 8.32 Å². The van der Waals surface area contributed by atoms with Crippen LogP contribution < -0.4 is 5.73 Å². The summed E-state index contributed by atoms with van der Waals surface area (Å²) >= 11 is 0. The van der Waals surface area contributed by atoms with Crippen LogP contribution in [-0.4, -0.2) is 36.1 Å². The van der Waals surface area contributed by atoms with E-state index in [-0.39, 0.29) is 5.04 Å². The maximum atomic E-state index is 6.42. The Hall–Kier alpha value is -2.64. The molecular formula is C26H38N4O2Si. The highest BCUT2D eigenvalue weighted by atomic mass is 28.4. The van der Waals surface area contributed by atoms with Gasteiger partial charge in [0.05, 0.1) is 17.7 Å². The van der Waals surface area contributed by atoms with Crippen molar-refractivity contribution >= 4 is 30.9 Å². The number of benzene rings is 1. The van der Waals surface area contributed by atoms with Crippen LogP contribution in [0, 0.1) is 6.92 Å². The molecule has 0 atom stereocenters. The Labute approximate surface area is 199 Å². The highest BCUT2D eigenvalue weighted by Gasteiger charge is 2.36. The van der Waals surface area contributed by atoms with Gasteiger partial charge in [-0.2, -0.15) is 0 Å². The lowest BCUT2D eigenvalue weighted by atomic mass is 10.0. The van der Waals surface area contributed by atoms with Gasteiger partial charge in [-0.1, -0.05) is 57.2 Å². The predicted octanol–water partition coefficient (Wildman–Crippen LogP) is 6.41. The van der Waals surface area contributed by atoms with Crippen LogP contribution in [0.4, 0.5) is 5.82 Å². The second kappa shape index (κ2) is 9.69. The fraction of sp³-hybridized carbons (Fsp3) is 0.462. The number of hydrogen-bond acceptors (Lipinski definition) is 5. The molecule has 1 aromatic carbocycles. The Kier molecular flexibility index (Phi) is 7.34. The lowest BCUT2D eigenvalue weighted by molar-refractivity contribution is 0.273. The van der Waals surface area contributed by atoms with Crippen molar-refractivity contribution in [3.05, 3.63) is 48.4 Å². The predicted molar refractivity (Wildman–Crippen MR) is 141 cm³/mol. The van der Waals surface area contributed by atoms with E-state index in [1.54, 1.807) is 0 Å². The molecule has 0 fully saturated rings. The monoisotopic (exact) mass is 466 g/mol. The molecule has 2 aromatic heterocycles. The third kappa shape index (κ3) is 5.14. The number of nitrogen functional groups attached to an aromatic ring is 1. The third-order valence-electron chi connectivity index (χ3n) is 6.59. The van der Waals surface area contributed by atoms with Crippen molar-refractivity contribution in [1.29, 1.82) is 0 Å². The first-order chi connectivity index (χ1) is 15.5. The molecule has 0 amide bonds. The highest BCUT2D eigenvalue weighted by molar-refractivity contribution is 6.74. The van der Waals surface area contributed by atoms with Gasteiger partial charge in [0, 0.05) is 18.7 Å². The molecule has 2 heterocycles. The van der Waals surface area contributed by atoms with E-state index < -0.39 is 8.32 Å². The zero-order chi connectivity index (χ0) is 24.4. The SMILES string of the molecule is C=C(OCC)c1c(-c2ccc(C)cc2)c2c(N)ncnc2n1CCCO[Si](C)(C)C(C)(C)C. The van der Waals surface area contributed by atoms with Crippen LogP contribution in [0.2, 0.25) is 18.1 Å². The molecule has 33 heavy (non-hydrogen) atoms. The van der Waals surface area contributed by atoms with Gasteiger partial charge in [-0.3, -0.25) is 0 Å². The summed E-state index contributed by atoms with van der Waals surface area (Å²) in [4.78, 5) is 8.91. The summed E-state index contributed by atoms with van der Waals surface area (Å²) in [6.07, 6.45) is 2.37. The van der Waals surface area contributed by atoms with Crippen LogP contribution in [0.5, 0.6) is 0 Å². The average Bonchev–Trinajstić information content (AvgIpc) is 3.07. The van der Waals surface area contributed by atoms with Crippen LogP contribution in [-0.2, 0) is 15.7 Å². The molecule has 0 bridgehead atoms. The Morgan fingerprint density at radius 3 is 2.42 bits per heavy atom. The zero-order valence-corrected chi connectivity index (χ0v) is 22.2. The van der Waals surface area contributed by atoms with E-state index >= 15 is 0 Å². The summed E-state index contributed by atoms with van der Waals surface area (Å²) in [6, 6.07) is 8.39. The van der Waals surface area contributed by atoms with E-state index in [9.17, 15) is 0 Å². The number of aryl methyl sites for hydroxylation is 2. The summed E-state index contributed by atoms with van der Waals surface area (Å²) in [5.41, 5.74) is 11.3. The maximum Gasteiger partial charge on any atom is 0.191 e. The first-order valence-electron chi connectivity index (χ1n) is 11.6. The van der Waals surface area contributed by atoms with Gasteiger partial charge in [-0.05, 0) is 44.0 Å². The van der Waals surface area contributed by atoms with Gasteiger partial charge >= 0.3 is 0 Å². The van der Waals surface area contributed by atoms with Crippen molar-refractivity contribution in [2.24, 2.45) is 0 Å². The van der Waals surface area contributed by atoms with Crippen molar-refractivity contribution < 1.29 is 9.16 Å². The Morgan fingerprint density at radius 2 is 1.82 bits per heavy atom. The molecule has 0 radical (unpaired) electrons. The molecular weight excluding hydrogens is 428 g/mol. The van der Waals surface area contributed by atoms with E-state index in [0.717, 1.165) is 40.8 Å². The van der Waals surface area contributed by atoms with E-state index in [1.807, 2.05) is 6.92 Å². The number of fused-ring (bicyclic) bond motifs is 1. The molecule has 0 saturated carbocycles. The number of hydrogen-bond donors (Lipinski definition) is 1. The summed E-state index contributed by atoms with van der Waals surface area (Å²) in [6.45, 7) is 21.6. The van der Waals surface area contributed by atoms with Crippen LogP contribution >= 0.6 is 0 Å². The second-order valence-corrected chi connectivity index (χ2v) is 14.8. The van der Waals surface area contributed by atoms with Crippen LogP contribution in [0.15, 0.2) is 37.2 Å². The van der Waals surface area contributed by atoms with Gasteiger partial charge in [0.25, 0.3) is 0 Å².